The van der Waals surface area contributed by atoms with Crippen LogP contribution in [0.1, 0.15) is 24.7 Å². The quantitative estimate of drug-likeness (QED) is 0.567. The van der Waals surface area contributed by atoms with Crippen molar-refractivity contribution in [3.8, 4) is 0 Å². The third-order valence-electron chi connectivity index (χ3n) is 3.47. The van der Waals surface area contributed by atoms with Crippen molar-refractivity contribution in [3.05, 3.63) is 52.9 Å². The van der Waals surface area contributed by atoms with Gasteiger partial charge in [0, 0.05) is 6.54 Å². The normalized spacial score (nSPS) is 10.4. The molecule has 0 saturated carbocycles. The molecule has 0 bridgehead atoms. The molecular formula is C18H21ClN2O3S. The second kappa shape index (κ2) is 9.44. The number of esters is 1. The van der Waals surface area contributed by atoms with Crippen LogP contribution in [0.3, 0.4) is 0 Å². The number of benzene rings is 1. The van der Waals surface area contributed by atoms with Crippen LogP contribution < -0.4 is 5.32 Å². The van der Waals surface area contributed by atoms with E-state index in [-0.39, 0.29) is 12.4 Å². The summed E-state index contributed by atoms with van der Waals surface area (Å²) >= 11 is 11.8. The Morgan fingerprint density at radius 1 is 1.40 bits per heavy atom. The van der Waals surface area contributed by atoms with E-state index in [1.165, 1.54) is 0 Å². The zero-order valence-electron chi connectivity index (χ0n) is 14.3. The average Bonchev–Trinajstić information content (AvgIpc) is 3.07. The number of halogens is 1. The summed E-state index contributed by atoms with van der Waals surface area (Å²) in [7, 11) is 0. The number of furan rings is 1. The summed E-state index contributed by atoms with van der Waals surface area (Å²) in [6, 6.07) is 9.36. The van der Waals surface area contributed by atoms with Gasteiger partial charge in [0.1, 0.15) is 5.76 Å². The lowest BCUT2D eigenvalue weighted by Gasteiger charge is -2.25. The van der Waals surface area contributed by atoms with E-state index in [1.807, 2.05) is 42.2 Å². The van der Waals surface area contributed by atoms with Crippen molar-refractivity contribution in [2.24, 2.45) is 0 Å². The molecule has 25 heavy (non-hydrogen) atoms. The molecule has 1 heterocycles. The Kier molecular flexibility index (Phi) is 7.28. The molecule has 5 nitrogen and oxygen atoms in total. The highest BCUT2D eigenvalue weighted by atomic mass is 35.5. The Hall–Kier alpha value is -2.05. The fraction of sp³-hybridized carbons (Fsp3) is 0.333. The van der Waals surface area contributed by atoms with E-state index in [1.54, 1.807) is 13.2 Å². The van der Waals surface area contributed by atoms with Gasteiger partial charge in [0.25, 0.3) is 0 Å². The zero-order valence-corrected chi connectivity index (χ0v) is 15.8. The summed E-state index contributed by atoms with van der Waals surface area (Å²) in [5.41, 5.74) is 1.79. The van der Waals surface area contributed by atoms with Crippen molar-refractivity contribution < 1.29 is 13.9 Å². The molecule has 0 aliphatic rings. The van der Waals surface area contributed by atoms with Gasteiger partial charge in [-0.15, -0.1) is 0 Å². The van der Waals surface area contributed by atoms with Gasteiger partial charge in [-0.1, -0.05) is 17.7 Å². The first-order valence-electron chi connectivity index (χ1n) is 7.99. The SMILES string of the molecule is CCOC(=O)CCN(Cc1ccco1)C(=S)Nc1ccc(C)cc1Cl. The van der Waals surface area contributed by atoms with E-state index in [4.69, 9.17) is 33.0 Å². The smallest absolute Gasteiger partial charge is 0.307 e. The van der Waals surface area contributed by atoms with Gasteiger partial charge in [0.05, 0.1) is 36.5 Å². The number of carbonyl (C=O) groups is 1. The first kappa shape index (κ1) is 19.3. The number of carbonyl (C=O) groups excluding carboxylic acids is 1. The summed E-state index contributed by atoms with van der Waals surface area (Å²) in [5, 5.41) is 4.19. The van der Waals surface area contributed by atoms with Crippen LogP contribution >= 0.6 is 23.8 Å². The molecule has 0 fully saturated rings. The molecule has 0 unspecified atom stereocenters. The lowest BCUT2D eigenvalue weighted by Crippen LogP contribution is -2.36. The summed E-state index contributed by atoms with van der Waals surface area (Å²) in [5.74, 6) is 0.492. The van der Waals surface area contributed by atoms with E-state index in [0.717, 1.165) is 17.0 Å². The number of thiocarbonyl (C=S) groups is 1. The number of hydrogen-bond donors (Lipinski definition) is 1. The van der Waals surface area contributed by atoms with Crippen LogP contribution in [0.25, 0.3) is 0 Å². The summed E-state index contributed by atoms with van der Waals surface area (Å²) in [6.45, 7) is 4.97. The van der Waals surface area contributed by atoms with Gasteiger partial charge >= 0.3 is 5.97 Å². The number of nitrogens with one attached hydrogen (secondary N) is 1. The molecule has 2 rings (SSSR count). The third-order valence-corrected chi connectivity index (χ3v) is 4.14. The maximum Gasteiger partial charge on any atom is 0.307 e. The van der Waals surface area contributed by atoms with E-state index in [9.17, 15) is 4.79 Å². The van der Waals surface area contributed by atoms with Crippen molar-refractivity contribution in [2.75, 3.05) is 18.5 Å². The maximum atomic E-state index is 11.7. The number of anilines is 1. The van der Waals surface area contributed by atoms with Crippen LogP contribution in [0.5, 0.6) is 0 Å². The molecule has 0 amide bonds. The Bertz CT molecular complexity index is 719. The first-order valence-corrected chi connectivity index (χ1v) is 8.78. The van der Waals surface area contributed by atoms with Crippen LogP contribution in [0, 0.1) is 6.92 Å². The van der Waals surface area contributed by atoms with Crippen molar-refractivity contribution in [1.29, 1.82) is 0 Å². The van der Waals surface area contributed by atoms with E-state index in [0.29, 0.717) is 29.8 Å². The Balaban J connectivity index is 2.06. The molecule has 134 valence electrons. The minimum absolute atomic E-state index is 0.234. The molecule has 0 radical (unpaired) electrons. The maximum absolute atomic E-state index is 11.7. The van der Waals surface area contributed by atoms with Gasteiger partial charge < -0.3 is 19.4 Å². The molecular weight excluding hydrogens is 360 g/mol. The van der Waals surface area contributed by atoms with E-state index >= 15 is 0 Å². The molecule has 0 aliphatic carbocycles. The number of rotatable bonds is 7. The monoisotopic (exact) mass is 380 g/mol. The lowest BCUT2D eigenvalue weighted by molar-refractivity contribution is -0.143. The predicted octanol–water partition coefficient (Wildman–Crippen LogP) is 4.39. The number of ether oxygens (including phenoxy) is 1. The molecule has 0 saturated heterocycles. The van der Waals surface area contributed by atoms with Crippen LogP contribution in [0.15, 0.2) is 41.0 Å². The highest BCUT2D eigenvalue weighted by molar-refractivity contribution is 7.80. The largest absolute Gasteiger partial charge is 0.467 e. The van der Waals surface area contributed by atoms with Gasteiger partial charge in [-0.25, -0.2) is 0 Å². The minimum atomic E-state index is -0.261. The van der Waals surface area contributed by atoms with Crippen LogP contribution in [-0.4, -0.2) is 29.1 Å². The van der Waals surface area contributed by atoms with Gasteiger partial charge in [-0.05, 0) is 55.9 Å². The molecule has 7 heteroatoms. The molecule has 0 atom stereocenters. The van der Waals surface area contributed by atoms with Gasteiger partial charge in [0.2, 0.25) is 0 Å². The topological polar surface area (TPSA) is 54.7 Å². The zero-order chi connectivity index (χ0) is 18.2. The third kappa shape index (κ3) is 6.07. The molecule has 1 N–H and O–H groups in total. The molecule has 1 aromatic heterocycles. The van der Waals surface area contributed by atoms with Gasteiger partial charge in [-0.2, -0.15) is 0 Å². The number of hydrogen-bond acceptors (Lipinski definition) is 4. The second-order valence-corrected chi connectivity index (χ2v) is 6.26. The minimum Gasteiger partial charge on any atom is -0.467 e. The Morgan fingerprint density at radius 3 is 2.84 bits per heavy atom. The fourth-order valence-electron chi connectivity index (χ4n) is 2.22. The summed E-state index contributed by atoms with van der Waals surface area (Å²) in [4.78, 5) is 13.5. The van der Waals surface area contributed by atoms with Crippen molar-refractivity contribution in [3.63, 3.8) is 0 Å². The van der Waals surface area contributed by atoms with Crippen molar-refractivity contribution >= 4 is 40.6 Å². The highest BCUT2D eigenvalue weighted by Gasteiger charge is 2.15. The predicted molar refractivity (Wildman–Crippen MR) is 103 cm³/mol. The number of nitrogens with zero attached hydrogens (tertiary/aromatic N) is 1. The molecule has 1 aromatic carbocycles. The summed E-state index contributed by atoms with van der Waals surface area (Å²) in [6.07, 6.45) is 1.84. The Morgan fingerprint density at radius 2 is 2.20 bits per heavy atom. The van der Waals surface area contributed by atoms with E-state index < -0.39 is 0 Å². The van der Waals surface area contributed by atoms with Gasteiger partial charge in [0.15, 0.2) is 5.11 Å². The van der Waals surface area contributed by atoms with Crippen LogP contribution in [0.4, 0.5) is 5.69 Å². The van der Waals surface area contributed by atoms with E-state index in [2.05, 4.69) is 5.32 Å². The average molecular weight is 381 g/mol. The highest BCUT2D eigenvalue weighted by Crippen LogP contribution is 2.23. The fourth-order valence-corrected chi connectivity index (χ4v) is 2.77. The van der Waals surface area contributed by atoms with Crippen LogP contribution in [0.2, 0.25) is 5.02 Å². The Labute approximate surface area is 157 Å². The summed E-state index contributed by atoms with van der Waals surface area (Å²) < 4.78 is 10.4. The second-order valence-electron chi connectivity index (χ2n) is 5.47. The molecule has 0 aliphatic heterocycles. The molecule has 2 aromatic rings. The van der Waals surface area contributed by atoms with Crippen molar-refractivity contribution in [1.82, 2.24) is 4.90 Å². The van der Waals surface area contributed by atoms with Gasteiger partial charge in [-0.3, -0.25) is 4.79 Å². The standard InChI is InChI=1S/C18H21ClN2O3S/c1-3-23-17(22)8-9-21(12-14-5-4-10-24-14)18(25)20-16-7-6-13(2)11-15(16)19/h4-7,10-11H,3,8-9,12H2,1-2H3,(H,20,25). The van der Waals surface area contributed by atoms with Crippen LogP contribution in [-0.2, 0) is 16.1 Å². The van der Waals surface area contributed by atoms with Crippen molar-refractivity contribution in [2.45, 2.75) is 26.8 Å². The number of aryl methyl sites for hydroxylation is 1. The first-order chi connectivity index (χ1) is 12.0. The lowest BCUT2D eigenvalue weighted by atomic mass is 10.2. The molecule has 0 spiro atoms.